The predicted molar refractivity (Wildman–Crippen MR) is 118 cm³/mol. The molecule has 1 atom stereocenters. The molecule has 0 radical (unpaired) electrons. The number of benzene rings is 3. The van der Waals surface area contributed by atoms with Gasteiger partial charge in [-0.3, -0.25) is 0 Å². The smallest absolute Gasteiger partial charge is 0.340 e. The van der Waals surface area contributed by atoms with E-state index in [2.05, 4.69) is 44.7 Å². The quantitative estimate of drug-likeness (QED) is 0.528. The first kappa shape index (κ1) is 18.7. The van der Waals surface area contributed by atoms with E-state index in [0.717, 1.165) is 58.1 Å². The maximum absolute atomic E-state index is 13.1. The number of carbonyl (C=O) groups is 1. The van der Waals surface area contributed by atoms with Gasteiger partial charge in [0.05, 0.1) is 16.7 Å². The van der Waals surface area contributed by atoms with Crippen molar-refractivity contribution in [1.82, 2.24) is 0 Å². The van der Waals surface area contributed by atoms with Crippen LogP contribution >= 0.6 is 0 Å². The Balaban J connectivity index is 1.94. The summed E-state index contributed by atoms with van der Waals surface area (Å²) < 4.78 is 12.8. The van der Waals surface area contributed by atoms with Crippen LogP contribution in [0.15, 0.2) is 54.6 Å². The fourth-order valence-electron chi connectivity index (χ4n) is 5.08. The Hall–Kier alpha value is -3.27. The van der Waals surface area contributed by atoms with Gasteiger partial charge in [-0.1, -0.05) is 30.3 Å². The van der Waals surface area contributed by atoms with E-state index in [1.54, 1.807) is 0 Å². The standard InChI is InChI=1S/C26H25NO3/c1-5-27(6-2)20-12-9-13-21-24(20)26(19-11-8-7-10-18(19)25(28)30-26)23-17(4)14-16(3)15-22(23)29-21/h7-15H,5-6H2,1-4H3. The summed E-state index contributed by atoms with van der Waals surface area (Å²) >= 11 is 0. The minimum Gasteiger partial charge on any atom is -0.456 e. The first-order chi connectivity index (χ1) is 14.5. The largest absolute Gasteiger partial charge is 0.456 e. The molecule has 0 fully saturated rings. The molecule has 0 N–H and O–H groups in total. The molecule has 4 nitrogen and oxygen atoms in total. The Labute approximate surface area is 177 Å². The summed E-state index contributed by atoms with van der Waals surface area (Å²) in [5.74, 6) is 1.20. The molecule has 1 spiro atoms. The van der Waals surface area contributed by atoms with E-state index in [1.165, 1.54) is 0 Å². The molecule has 4 heteroatoms. The maximum atomic E-state index is 13.1. The summed E-state index contributed by atoms with van der Waals surface area (Å²) in [6, 6.07) is 18.0. The van der Waals surface area contributed by atoms with E-state index in [-0.39, 0.29) is 5.97 Å². The van der Waals surface area contributed by atoms with Crippen molar-refractivity contribution in [2.45, 2.75) is 33.3 Å². The molecule has 30 heavy (non-hydrogen) atoms. The minimum absolute atomic E-state index is 0.293. The van der Waals surface area contributed by atoms with Gasteiger partial charge >= 0.3 is 5.97 Å². The summed E-state index contributed by atoms with van der Waals surface area (Å²) in [6.45, 7) is 10.1. The lowest BCUT2D eigenvalue weighted by Gasteiger charge is -2.40. The van der Waals surface area contributed by atoms with Crippen LogP contribution in [0.3, 0.4) is 0 Å². The minimum atomic E-state index is -1.02. The number of aryl methyl sites for hydroxylation is 2. The molecule has 0 bridgehead atoms. The third-order valence-electron chi connectivity index (χ3n) is 6.25. The third-order valence-corrected chi connectivity index (χ3v) is 6.25. The normalized spacial score (nSPS) is 18.3. The van der Waals surface area contributed by atoms with Crippen LogP contribution in [0.1, 0.15) is 52.0 Å². The zero-order valence-corrected chi connectivity index (χ0v) is 17.8. The number of rotatable bonds is 3. The predicted octanol–water partition coefficient (Wildman–Crippen LogP) is 5.72. The van der Waals surface area contributed by atoms with Crippen molar-refractivity contribution in [1.29, 1.82) is 0 Å². The molecule has 1 unspecified atom stereocenters. The van der Waals surface area contributed by atoms with Gasteiger partial charge in [0, 0.05) is 24.3 Å². The van der Waals surface area contributed by atoms with Crippen molar-refractivity contribution in [2.75, 3.05) is 18.0 Å². The number of esters is 1. The van der Waals surface area contributed by atoms with Gasteiger partial charge in [-0.2, -0.15) is 0 Å². The van der Waals surface area contributed by atoms with Crippen molar-refractivity contribution < 1.29 is 14.3 Å². The summed E-state index contributed by atoms with van der Waals surface area (Å²) in [5, 5.41) is 0. The van der Waals surface area contributed by atoms with Crippen LogP contribution in [0.4, 0.5) is 5.69 Å². The van der Waals surface area contributed by atoms with Crippen LogP contribution in [0, 0.1) is 13.8 Å². The summed E-state index contributed by atoms with van der Waals surface area (Å²) in [5.41, 5.74) is 5.50. The van der Waals surface area contributed by atoms with Gasteiger partial charge in [0.25, 0.3) is 0 Å². The molecule has 3 aromatic carbocycles. The molecule has 2 aliphatic heterocycles. The Kier molecular flexibility index (Phi) is 4.14. The lowest BCUT2D eigenvalue weighted by atomic mass is 9.75. The fourth-order valence-corrected chi connectivity index (χ4v) is 5.08. The van der Waals surface area contributed by atoms with E-state index < -0.39 is 5.60 Å². The molecule has 0 aromatic heterocycles. The molecule has 0 saturated carbocycles. The molecular formula is C26H25NO3. The van der Waals surface area contributed by atoms with Crippen LogP contribution in [-0.2, 0) is 10.3 Å². The monoisotopic (exact) mass is 399 g/mol. The highest BCUT2D eigenvalue weighted by atomic mass is 16.6. The van der Waals surface area contributed by atoms with E-state index in [1.807, 2.05) is 42.5 Å². The molecular weight excluding hydrogens is 374 g/mol. The zero-order valence-electron chi connectivity index (χ0n) is 17.8. The number of hydrogen-bond acceptors (Lipinski definition) is 4. The molecule has 0 amide bonds. The first-order valence-electron chi connectivity index (χ1n) is 10.5. The molecule has 2 aliphatic rings. The van der Waals surface area contributed by atoms with Crippen LogP contribution in [0.25, 0.3) is 0 Å². The Morgan fingerprint density at radius 2 is 1.67 bits per heavy atom. The van der Waals surface area contributed by atoms with Crippen LogP contribution < -0.4 is 9.64 Å². The molecule has 5 rings (SSSR count). The molecule has 0 saturated heterocycles. The van der Waals surface area contributed by atoms with Gasteiger partial charge in [-0.25, -0.2) is 4.79 Å². The average molecular weight is 399 g/mol. The van der Waals surface area contributed by atoms with Crippen molar-refractivity contribution in [3.63, 3.8) is 0 Å². The second-order valence-corrected chi connectivity index (χ2v) is 8.00. The number of nitrogens with zero attached hydrogens (tertiary/aromatic N) is 1. The van der Waals surface area contributed by atoms with Gasteiger partial charge in [-0.15, -0.1) is 0 Å². The lowest BCUT2D eigenvalue weighted by molar-refractivity contribution is 0.0224. The number of fused-ring (bicyclic) bond motifs is 6. The van der Waals surface area contributed by atoms with Crippen molar-refractivity contribution in [2.24, 2.45) is 0 Å². The van der Waals surface area contributed by atoms with E-state index >= 15 is 0 Å². The Morgan fingerprint density at radius 3 is 2.43 bits per heavy atom. The second kappa shape index (κ2) is 6.63. The second-order valence-electron chi connectivity index (χ2n) is 8.00. The fraction of sp³-hybridized carbons (Fsp3) is 0.269. The van der Waals surface area contributed by atoms with Crippen molar-refractivity contribution in [3.8, 4) is 11.5 Å². The van der Waals surface area contributed by atoms with E-state index in [0.29, 0.717) is 5.56 Å². The molecule has 152 valence electrons. The Bertz CT molecular complexity index is 1180. The molecule has 2 heterocycles. The van der Waals surface area contributed by atoms with E-state index in [9.17, 15) is 4.79 Å². The SMILES string of the molecule is CCN(CC)c1cccc2c1C1(OC(=O)c3ccccc31)c1c(C)cc(C)cc1O2. The average Bonchev–Trinajstić information content (AvgIpc) is 3.01. The third kappa shape index (κ3) is 2.37. The highest BCUT2D eigenvalue weighted by molar-refractivity contribution is 5.97. The van der Waals surface area contributed by atoms with Crippen molar-refractivity contribution >= 4 is 11.7 Å². The van der Waals surface area contributed by atoms with Gasteiger partial charge in [-0.05, 0) is 63.1 Å². The number of anilines is 1. The summed E-state index contributed by atoms with van der Waals surface area (Å²) in [6.07, 6.45) is 0. The summed E-state index contributed by atoms with van der Waals surface area (Å²) in [4.78, 5) is 15.4. The van der Waals surface area contributed by atoms with Crippen molar-refractivity contribution in [3.05, 3.63) is 88.0 Å². The van der Waals surface area contributed by atoms with Gasteiger partial charge < -0.3 is 14.4 Å². The number of ether oxygens (including phenoxy) is 2. The Morgan fingerprint density at radius 1 is 0.900 bits per heavy atom. The first-order valence-corrected chi connectivity index (χ1v) is 10.5. The maximum Gasteiger partial charge on any atom is 0.340 e. The van der Waals surface area contributed by atoms with E-state index in [4.69, 9.17) is 9.47 Å². The van der Waals surface area contributed by atoms with Gasteiger partial charge in [0.1, 0.15) is 11.5 Å². The van der Waals surface area contributed by atoms with Gasteiger partial charge in [0.15, 0.2) is 5.60 Å². The van der Waals surface area contributed by atoms with Crippen LogP contribution in [0.5, 0.6) is 11.5 Å². The molecule has 3 aromatic rings. The topological polar surface area (TPSA) is 38.8 Å². The van der Waals surface area contributed by atoms with Gasteiger partial charge in [0.2, 0.25) is 0 Å². The van der Waals surface area contributed by atoms with Crippen LogP contribution in [0.2, 0.25) is 0 Å². The number of carbonyl (C=O) groups excluding carboxylic acids is 1. The lowest BCUT2D eigenvalue weighted by Crippen LogP contribution is -2.37. The van der Waals surface area contributed by atoms with Crippen LogP contribution in [-0.4, -0.2) is 19.1 Å². The number of hydrogen-bond donors (Lipinski definition) is 0. The highest BCUT2D eigenvalue weighted by Gasteiger charge is 2.55. The highest BCUT2D eigenvalue weighted by Crippen LogP contribution is 2.59. The zero-order chi connectivity index (χ0) is 21.0. The summed E-state index contributed by atoms with van der Waals surface area (Å²) in [7, 11) is 0. The molecule has 0 aliphatic carbocycles.